The van der Waals surface area contributed by atoms with Crippen molar-refractivity contribution in [3.05, 3.63) is 59.9 Å². The SMILES string of the molecule is C=CC(=O)N(Cc1cnn(CCOC)c1)c1ccc(C(=O)NCC)cc1C. The highest BCUT2D eigenvalue weighted by Gasteiger charge is 2.18. The molecule has 0 radical (unpaired) electrons. The van der Waals surface area contributed by atoms with E-state index in [9.17, 15) is 9.59 Å². The van der Waals surface area contributed by atoms with Gasteiger partial charge >= 0.3 is 0 Å². The van der Waals surface area contributed by atoms with Crippen LogP contribution in [0.3, 0.4) is 0 Å². The van der Waals surface area contributed by atoms with Gasteiger partial charge in [-0.15, -0.1) is 0 Å². The van der Waals surface area contributed by atoms with Crippen LogP contribution in [0.15, 0.2) is 43.2 Å². The van der Waals surface area contributed by atoms with Crippen LogP contribution in [0.2, 0.25) is 0 Å². The molecule has 1 heterocycles. The minimum Gasteiger partial charge on any atom is -0.383 e. The van der Waals surface area contributed by atoms with E-state index in [0.29, 0.717) is 31.8 Å². The summed E-state index contributed by atoms with van der Waals surface area (Å²) in [5.74, 6) is -0.346. The smallest absolute Gasteiger partial charge is 0.251 e. The van der Waals surface area contributed by atoms with Crippen molar-refractivity contribution in [1.82, 2.24) is 15.1 Å². The number of aromatic nitrogens is 2. The number of anilines is 1. The Balaban J connectivity index is 2.26. The zero-order valence-corrected chi connectivity index (χ0v) is 16.1. The van der Waals surface area contributed by atoms with Gasteiger partial charge in [-0.3, -0.25) is 14.3 Å². The van der Waals surface area contributed by atoms with Crippen molar-refractivity contribution >= 4 is 17.5 Å². The molecule has 0 aliphatic rings. The predicted octanol–water partition coefficient (Wildman–Crippen LogP) is 2.31. The van der Waals surface area contributed by atoms with E-state index < -0.39 is 0 Å². The lowest BCUT2D eigenvalue weighted by molar-refractivity contribution is -0.114. The Hall–Kier alpha value is -2.93. The van der Waals surface area contributed by atoms with Crippen molar-refractivity contribution in [2.45, 2.75) is 26.9 Å². The second-order valence-electron chi connectivity index (χ2n) is 6.09. The number of aryl methyl sites for hydroxylation is 1. The molecule has 1 aromatic heterocycles. The predicted molar refractivity (Wildman–Crippen MR) is 105 cm³/mol. The fourth-order valence-electron chi connectivity index (χ4n) is 2.73. The highest BCUT2D eigenvalue weighted by atomic mass is 16.5. The number of nitrogens with one attached hydrogen (secondary N) is 1. The van der Waals surface area contributed by atoms with E-state index in [1.807, 2.05) is 20.0 Å². The fourth-order valence-corrected chi connectivity index (χ4v) is 2.73. The van der Waals surface area contributed by atoms with E-state index in [0.717, 1.165) is 16.8 Å². The van der Waals surface area contributed by atoms with Crippen LogP contribution in [0.1, 0.15) is 28.4 Å². The molecule has 144 valence electrons. The first-order valence-electron chi connectivity index (χ1n) is 8.83. The minimum absolute atomic E-state index is 0.131. The Kier molecular flexibility index (Phi) is 7.31. The van der Waals surface area contributed by atoms with Gasteiger partial charge in [-0.25, -0.2) is 0 Å². The molecular formula is C20H26N4O3. The lowest BCUT2D eigenvalue weighted by atomic mass is 10.1. The number of ether oxygens (including phenoxy) is 1. The molecule has 2 amide bonds. The number of nitrogens with zero attached hydrogens (tertiary/aromatic N) is 3. The van der Waals surface area contributed by atoms with Crippen molar-refractivity contribution in [3.8, 4) is 0 Å². The average Bonchev–Trinajstić information content (AvgIpc) is 3.11. The van der Waals surface area contributed by atoms with Gasteiger partial charge in [0.2, 0.25) is 0 Å². The Bertz CT molecular complexity index is 813. The number of hydrogen-bond donors (Lipinski definition) is 1. The van der Waals surface area contributed by atoms with Gasteiger partial charge in [-0.05, 0) is 43.7 Å². The lowest BCUT2D eigenvalue weighted by Gasteiger charge is -2.23. The highest BCUT2D eigenvalue weighted by Crippen LogP contribution is 2.24. The molecular weight excluding hydrogens is 344 g/mol. The molecule has 0 fully saturated rings. The zero-order valence-electron chi connectivity index (χ0n) is 16.1. The molecule has 0 saturated carbocycles. The van der Waals surface area contributed by atoms with Crippen LogP contribution in [-0.2, 0) is 22.6 Å². The summed E-state index contributed by atoms with van der Waals surface area (Å²) in [7, 11) is 1.64. The number of benzene rings is 1. The second kappa shape index (κ2) is 9.68. The molecule has 0 spiro atoms. The maximum Gasteiger partial charge on any atom is 0.251 e. The van der Waals surface area contributed by atoms with Gasteiger partial charge in [0.05, 0.1) is 25.9 Å². The molecule has 1 N–H and O–H groups in total. The van der Waals surface area contributed by atoms with E-state index >= 15 is 0 Å². The Labute approximate surface area is 159 Å². The number of rotatable bonds is 9. The molecule has 1 aromatic carbocycles. The van der Waals surface area contributed by atoms with Crippen LogP contribution in [0, 0.1) is 6.92 Å². The lowest BCUT2D eigenvalue weighted by Crippen LogP contribution is -2.29. The van der Waals surface area contributed by atoms with Gasteiger partial charge in [0, 0.05) is 36.7 Å². The third-order valence-electron chi connectivity index (χ3n) is 4.08. The van der Waals surface area contributed by atoms with Gasteiger partial charge in [0.25, 0.3) is 11.8 Å². The first-order chi connectivity index (χ1) is 13.0. The molecule has 0 saturated heterocycles. The summed E-state index contributed by atoms with van der Waals surface area (Å²) in [5.41, 5.74) is 3.03. The standard InChI is InChI=1S/C20H26N4O3/c1-5-19(25)24(14-16-12-22-23(13-16)9-10-27-4)18-8-7-17(11-15(18)3)20(26)21-6-2/h5,7-8,11-13H,1,6,9-10,14H2,2-4H3,(H,21,26). The fraction of sp³-hybridized carbons (Fsp3) is 0.350. The molecule has 0 atom stereocenters. The first-order valence-corrected chi connectivity index (χ1v) is 8.83. The summed E-state index contributed by atoms with van der Waals surface area (Å²) in [5, 5.41) is 7.06. The van der Waals surface area contributed by atoms with Crippen molar-refractivity contribution in [2.75, 3.05) is 25.2 Å². The van der Waals surface area contributed by atoms with E-state index in [4.69, 9.17) is 4.74 Å². The summed E-state index contributed by atoms with van der Waals surface area (Å²) in [4.78, 5) is 26.1. The summed E-state index contributed by atoms with van der Waals surface area (Å²) in [6.45, 7) is 9.49. The normalized spacial score (nSPS) is 10.5. The monoisotopic (exact) mass is 370 g/mol. The molecule has 0 unspecified atom stereocenters. The average molecular weight is 370 g/mol. The first kappa shape index (κ1) is 20.4. The number of hydrogen-bond acceptors (Lipinski definition) is 4. The van der Waals surface area contributed by atoms with Gasteiger partial charge in [0.15, 0.2) is 0 Å². The van der Waals surface area contributed by atoms with Gasteiger partial charge in [-0.1, -0.05) is 6.58 Å². The number of methoxy groups -OCH3 is 1. The second-order valence-corrected chi connectivity index (χ2v) is 6.09. The topological polar surface area (TPSA) is 76.5 Å². The Morgan fingerprint density at radius 3 is 2.81 bits per heavy atom. The van der Waals surface area contributed by atoms with Gasteiger partial charge in [-0.2, -0.15) is 5.10 Å². The molecule has 0 aliphatic carbocycles. The van der Waals surface area contributed by atoms with Crippen LogP contribution in [-0.4, -0.2) is 41.9 Å². The number of carbonyl (C=O) groups is 2. The quantitative estimate of drug-likeness (QED) is 0.687. The summed E-state index contributed by atoms with van der Waals surface area (Å²) in [6, 6.07) is 5.29. The molecule has 7 heteroatoms. The number of amides is 2. The van der Waals surface area contributed by atoms with Crippen LogP contribution in [0.25, 0.3) is 0 Å². The molecule has 0 bridgehead atoms. The third-order valence-corrected chi connectivity index (χ3v) is 4.08. The third kappa shape index (κ3) is 5.27. The van der Waals surface area contributed by atoms with Crippen molar-refractivity contribution in [3.63, 3.8) is 0 Å². The number of carbonyl (C=O) groups excluding carboxylic acids is 2. The highest BCUT2D eigenvalue weighted by molar-refractivity contribution is 6.02. The van der Waals surface area contributed by atoms with Gasteiger partial charge < -0.3 is 15.0 Å². The van der Waals surface area contributed by atoms with Crippen molar-refractivity contribution in [2.24, 2.45) is 0 Å². The van der Waals surface area contributed by atoms with Gasteiger partial charge in [0.1, 0.15) is 0 Å². The summed E-state index contributed by atoms with van der Waals surface area (Å²) in [6.07, 6.45) is 4.91. The Morgan fingerprint density at radius 1 is 1.41 bits per heavy atom. The van der Waals surface area contributed by atoms with Crippen LogP contribution in [0.5, 0.6) is 0 Å². The summed E-state index contributed by atoms with van der Waals surface area (Å²) >= 11 is 0. The molecule has 2 rings (SSSR count). The maximum atomic E-state index is 12.5. The van der Waals surface area contributed by atoms with E-state index in [-0.39, 0.29) is 11.8 Å². The molecule has 0 aliphatic heterocycles. The van der Waals surface area contributed by atoms with E-state index in [2.05, 4.69) is 17.0 Å². The van der Waals surface area contributed by atoms with Crippen LogP contribution < -0.4 is 10.2 Å². The molecule has 7 nitrogen and oxygen atoms in total. The van der Waals surface area contributed by atoms with Crippen molar-refractivity contribution < 1.29 is 14.3 Å². The van der Waals surface area contributed by atoms with Crippen molar-refractivity contribution in [1.29, 1.82) is 0 Å². The van der Waals surface area contributed by atoms with Crippen LogP contribution >= 0.6 is 0 Å². The maximum absolute atomic E-state index is 12.5. The van der Waals surface area contributed by atoms with E-state index in [1.54, 1.807) is 41.1 Å². The Morgan fingerprint density at radius 2 is 2.19 bits per heavy atom. The molecule has 2 aromatic rings. The minimum atomic E-state index is -0.214. The largest absolute Gasteiger partial charge is 0.383 e. The molecule has 27 heavy (non-hydrogen) atoms. The summed E-state index contributed by atoms with van der Waals surface area (Å²) < 4.78 is 6.83. The zero-order chi connectivity index (χ0) is 19.8. The van der Waals surface area contributed by atoms with E-state index in [1.165, 1.54) is 6.08 Å². The van der Waals surface area contributed by atoms with Crippen LogP contribution in [0.4, 0.5) is 5.69 Å².